The monoisotopic (exact) mass is 445 g/mol. The molecule has 0 bridgehead atoms. The van der Waals surface area contributed by atoms with Gasteiger partial charge in [0, 0.05) is 0 Å². The predicted molar refractivity (Wildman–Crippen MR) is 77.7 cm³/mol. The molecule has 5 nitrogen and oxygen atoms in total. The number of hydrogen-bond donors (Lipinski definition) is 3. The lowest BCUT2D eigenvalue weighted by atomic mass is 10.0. The van der Waals surface area contributed by atoms with Crippen LogP contribution in [0.3, 0.4) is 0 Å². The molecule has 0 spiro atoms. The van der Waals surface area contributed by atoms with Crippen molar-refractivity contribution in [3.63, 3.8) is 0 Å². The molecule has 0 fully saturated rings. The fourth-order valence-corrected chi connectivity index (χ4v) is 2.58. The van der Waals surface area contributed by atoms with Gasteiger partial charge >= 0.3 is 18.5 Å². The quantitative estimate of drug-likeness (QED) is 0.464. The van der Waals surface area contributed by atoms with E-state index >= 15 is 0 Å². The average molecular weight is 445 g/mol. The molecule has 0 heterocycles. The Kier molecular flexibility index (Phi) is 6.26. The van der Waals surface area contributed by atoms with Gasteiger partial charge in [0.15, 0.2) is 0 Å². The van der Waals surface area contributed by atoms with Crippen molar-refractivity contribution in [1.29, 1.82) is 0 Å². The summed E-state index contributed by atoms with van der Waals surface area (Å²) >= 11 is 0. The van der Waals surface area contributed by atoms with Gasteiger partial charge in [0.25, 0.3) is 10.0 Å². The Balaban J connectivity index is 2.98. The third-order valence-electron chi connectivity index (χ3n) is 3.34. The summed E-state index contributed by atoms with van der Waals surface area (Å²) in [5, 5.41) is 0.970. The van der Waals surface area contributed by atoms with Gasteiger partial charge in [0.2, 0.25) is 5.54 Å². The van der Waals surface area contributed by atoms with Gasteiger partial charge in [-0.1, -0.05) is 12.6 Å². The number of hydrazine groups is 1. The minimum atomic E-state index is -5.84. The highest BCUT2D eigenvalue weighted by molar-refractivity contribution is 7.89. The summed E-state index contributed by atoms with van der Waals surface area (Å²) in [5.74, 6) is -1.26. The fraction of sp³-hybridized carbons (Fsp3) is 0.385. The van der Waals surface area contributed by atoms with Crippen LogP contribution in [0.25, 0.3) is 0 Å². The topological polar surface area (TPSA) is 70.2 Å². The zero-order valence-corrected chi connectivity index (χ0v) is 14.5. The number of sulfonamides is 1. The summed E-state index contributed by atoms with van der Waals surface area (Å²) in [6.07, 6.45) is -16.6. The number of benzene rings is 1. The van der Waals surface area contributed by atoms with Gasteiger partial charge in [-0.15, -0.1) is 4.83 Å². The highest BCUT2D eigenvalue weighted by atomic mass is 32.2. The van der Waals surface area contributed by atoms with E-state index in [0.717, 1.165) is 17.4 Å². The number of alkyl halides is 9. The molecule has 0 amide bonds. The van der Waals surface area contributed by atoms with E-state index < -0.39 is 50.4 Å². The molecule has 1 aromatic rings. The van der Waals surface area contributed by atoms with Crippen molar-refractivity contribution >= 4 is 10.0 Å². The molecular formula is C13H12F9N3O2S. The third-order valence-corrected chi connectivity index (χ3v) is 4.59. The highest BCUT2D eigenvalue weighted by Gasteiger charge is 2.68. The zero-order valence-electron chi connectivity index (χ0n) is 13.6. The largest absolute Gasteiger partial charge is 0.420 e. The normalized spacial score (nSPS) is 13.9. The van der Waals surface area contributed by atoms with Crippen LogP contribution in [0, 0.1) is 0 Å². The smallest absolute Gasteiger partial charge is 0.350 e. The minimum absolute atomic E-state index is 0.218. The van der Waals surface area contributed by atoms with Crippen LogP contribution in [0.1, 0.15) is 12.5 Å². The second-order valence-corrected chi connectivity index (χ2v) is 7.16. The molecule has 0 radical (unpaired) electrons. The Morgan fingerprint density at radius 1 is 0.964 bits per heavy atom. The molecule has 0 atom stereocenters. The van der Waals surface area contributed by atoms with Gasteiger partial charge in [0.1, 0.15) is 5.82 Å². The van der Waals surface area contributed by atoms with Crippen molar-refractivity contribution in [1.82, 2.24) is 15.6 Å². The molecule has 0 aliphatic heterocycles. The first-order valence-corrected chi connectivity index (χ1v) is 8.35. The van der Waals surface area contributed by atoms with E-state index in [1.165, 1.54) is 10.3 Å². The Morgan fingerprint density at radius 3 is 1.89 bits per heavy atom. The van der Waals surface area contributed by atoms with Crippen LogP contribution in [0.4, 0.5) is 39.5 Å². The Hall–Kier alpha value is -2.16. The van der Waals surface area contributed by atoms with E-state index in [2.05, 4.69) is 6.58 Å². The lowest BCUT2D eigenvalue weighted by Gasteiger charge is -2.36. The van der Waals surface area contributed by atoms with E-state index in [-0.39, 0.29) is 13.0 Å². The maximum absolute atomic E-state index is 12.8. The number of rotatable bonds is 6. The van der Waals surface area contributed by atoms with Gasteiger partial charge in [0.05, 0.1) is 10.5 Å². The standard InChI is InChI=1S/C13H12F9N3O2S/c1-7(23-10(2,12(17,18)19)13(20,21)22)24-25-28(26,27)9-5-3-4-8(6-9)11(14,15)16/h3-6,23-25H,1H2,2H3. The number of hydrogen-bond acceptors (Lipinski definition) is 4. The summed E-state index contributed by atoms with van der Waals surface area (Å²) in [6, 6.07) is 2.25. The van der Waals surface area contributed by atoms with Gasteiger partial charge in [-0.2, -0.15) is 39.5 Å². The first-order chi connectivity index (χ1) is 12.3. The highest BCUT2D eigenvalue weighted by Crippen LogP contribution is 2.43. The van der Waals surface area contributed by atoms with Crippen molar-refractivity contribution in [2.45, 2.75) is 35.9 Å². The van der Waals surface area contributed by atoms with Gasteiger partial charge in [-0.3, -0.25) is 5.43 Å². The number of nitrogens with one attached hydrogen (secondary N) is 3. The molecule has 1 rings (SSSR count). The summed E-state index contributed by atoms with van der Waals surface area (Å²) < 4.78 is 138. The van der Waals surface area contributed by atoms with Crippen molar-refractivity contribution in [2.75, 3.05) is 0 Å². The molecule has 15 heteroatoms. The number of halogens is 9. The zero-order chi connectivity index (χ0) is 22.2. The van der Waals surface area contributed by atoms with E-state index in [4.69, 9.17) is 0 Å². The van der Waals surface area contributed by atoms with E-state index in [1.807, 2.05) is 0 Å². The van der Waals surface area contributed by atoms with Crippen LogP contribution < -0.4 is 15.6 Å². The first kappa shape index (κ1) is 23.9. The molecule has 3 N–H and O–H groups in total. The minimum Gasteiger partial charge on any atom is -0.350 e. The van der Waals surface area contributed by atoms with Crippen LogP contribution in [-0.2, 0) is 16.2 Å². The van der Waals surface area contributed by atoms with E-state index in [0.29, 0.717) is 6.07 Å². The van der Waals surface area contributed by atoms with Gasteiger partial charge in [-0.05, 0) is 25.1 Å². The van der Waals surface area contributed by atoms with Crippen molar-refractivity contribution in [3.05, 3.63) is 42.2 Å². The fourth-order valence-electron chi connectivity index (χ4n) is 1.66. The Morgan fingerprint density at radius 2 is 1.46 bits per heavy atom. The average Bonchev–Trinajstić information content (AvgIpc) is 2.50. The van der Waals surface area contributed by atoms with Crippen LogP contribution in [0.15, 0.2) is 41.6 Å². The van der Waals surface area contributed by atoms with E-state index in [9.17, 15) is 47.9 Å². The molecular weight excluding hydrogens is 433 g/mol. The molecule has 0 saturated carbocycles. The van der Waals surface area contributed by atoms with Crippen molar-refractivity contribution in [2.24, 2.45) is 0 Å². The molecule has 0 unspecified atom stereocenters. The van der Waals surface area contributed by atoms with Crippen LogP contribution >= 0.6 is 0 Å². The SMILES string of the molecule is C=C(NNS(=O)(=O)c1cccc(C(F)(F)F)c1)NC(C)(C(F)(F)F)C(F)(F)F. The second kappa shape index (κ2) is 7.35. The van der Waals surface area contributed by atoms with Crippen molar-refractivity contribution in [3.8, 4) is 0 Å². The van der Waals surface area contributed by atoms with Crippen LogP contribution in [-0.4, -0.2) is 26.3 Å². The summed E-state index contributed by atoms with van der Waals surface area (Å²) in [5.41, 5.74) is -4.36. The molecule has 0 aromatic heterocycles. The summed E-state index contributed by atoms with van der Waals surface area (Å²) in [4.78, 5) is 0.390. The van der Waals surface area contributed by atoms with Crippen molar-refractivity contribution < 1.29 is 47.9 Å². The maximum atomic E-state index is 12.8. The molecule has 28 heavy (non-hydrogen) atoms. The van der Waals surface area contributed by atoms with Gasteiger partial charge < -0.3 is 5.32 Å². The van der Waals surface area contributed by atoms with Gasteiger partial charge in [-0.25, -0.2) is 8.42 Å². The molecule has 0 saturated heterocycles. The molecule has 0 aliphatic carbocycles. The lowest BCUT2D eigenvalue weighted by Crippen LogP contribution is -2.65. The molecule has 160 valence electrons. The Bertz CT molecular complexity index is 815. The third kappa shape index (κ3) is 5.21. The van der Waals surface area contributed by atoms with E-state index in [1.54, 1.807) is 0 Å². The second-order valence-electron chi connectivity index (χ2n) is 5.48. The lowest BCUT2D eigenvalue weighted by molar-refractivity contribution is -0.299. The molecule has 1 aromatic carbocycles. The maximum Gasteiger partial charge on any atom is 0.420 e. The first-order valence-electron chi connectivity index (χ1n) is 6.87. The predicted octanol–water partition coefficient (Wildman–Crippen LogP) is 3.43. The van der Waals surface area contributed by atoms with Crippen LogP contribution in [0.5, 0.6) is 0 Å². The Labute approximate surface area is 152 Å². The summed E-state index contributed by atoms with van der Waals surface area (Å²) in [6.45, 7) is 2.54. The van der Waals surface area contributed by atoms with Crippen LogP contribution in [0.2, 0.25) is 0 Å². The summed E-state index contributed by atoms with van der Waals surface area (Å²) in [7, 11) is -4.79. The molecule has 0 aliphatic rings.